The monoisotopic (exact) mass is 386 g/mol. The summed E-state index contributed by atoms with van der Waals surface area (Å²) in [5.74, 6) is -2.74. The number of hydrogen-bond acceptors (Lipinski definition) is 6. The molecule has 0 atom stereocenters. The van der Waals surface area contributed by atoms with Crippen molar-refractivity contribution in [3.63, 3.8) is 0 Å². The van der Waals surface area contributed by atoms with E-state index in [1.807, 2.05) is 13.8 Å². The predicted octanol–water partition coefficient (Wildman–Crippen LogP) is 3.01. The minimum atomic E-state index is -0.798. The van der Waals surface area contributed by atoms with Crippen LogP contribution in [0.15, 0.2) is 52.5 Å². The van der Waals surface area contributed by atoms with Crippen LogP contribution in [-0.4, -0.2) is 35.8 Å². The van der Waals surface area contributed by atoms with Crippen LogP contribution >= 0.6 is 0 Å². The molecule has 0 radical (unpaired) electrons. The number of rotatable bonds is 6. The maximum Gasteiger partial charge on any atom is 0.347 e. The van der Waals surface area contributed by atoms with E-state index in [0.29, 0.717) is 18.8 Å². The van der Waals surface area contributed by atoms with Gasteiger partial charge in [0.1, 0.15) is 17.1 Å². The van der Waals surface area contributed by atoms with Crippen molar-refractivity contribution in [1.29, 1.82) is 0 Å². The highest BCUT2D eigenvalue weighted by Crippen LogP contribution is 2.30. The Hall–Kier alpha value is -3.42. The van der Waals surface area contributed by atoms with Crippen LogP contribution in [0.4, 0.5) is 10.1 Å². The molecule has 8 heteroatoms. The number of esters is 1. The van der Waals surface area contributed by atoms with E-state index in [9.17, 15) is 18.8 Å². The normalized spacial score (nSPS) is 14.1. The van der Waals surface area contributed by atoms with Gasteiger partial charge in [-0.25, -0.2) is 14.1 Å². The molecule has 0 spiro atoms. The van der Waals surface area contributed by atoms with Crippen molar-refractivity contribution in [3.8, 4) is 0 Å². The molecule has 0 aliphatic carbocycles. The Morgan fingerprint density at radius 1 is 1.11 bits per heavy atom. The summed E-state index contributed by atoms with van der Waals surface area (Å²) >= 11 is 0. The molecule has 2 heterocycles. The van der Waals surface area contributed by atoms with Gasteiger partial charge in [-0.3, -0.25) is 9.59 Å². The third-order valence-electron chi connectivity index (χ3n) is 4.46. The second-order valence-electron chi connectivity index (χ2n) is 6.05. The standard InChI is InChI=1S/C20H19FN2O5/c1-4-22(5-2)16-17(28-20(26)15-10-11-27-12(15)3)19(25)23(18(16)24)14-8-6-13(21)7-9-14/h6-11H,4-5H2,1-3H3. The molecule has 146 valence electrons. The van der Waals surface area contributed by atoms with Gasteiger partial charge in [0.15, 0.2) is 5.70 Å². The summed E-state index contributed by atoms with van der Waals surface area (Å²) in [4.78, 5) is 41.0. The van der Waals surface area contributed by atoms with E-state index in [-0.39, 0.29) is 22.7 Å². The maximum absolute atomic E-state index is 13.2. The predicted molar refractivity (Wildman–Crippen MR) is 97.7 cm³/mol. The highest BCUT2D eigenvalue weighted by molar-refractivity contribution is 6.32. The van der Waals surface area contributed by atoms with Gasteiger partial charge >= 0.3 is 11.9 Å². The number of benzene rings is 1. The molecule has 1 aliphatic rings. The van der Waals surface area contributed by atoms with E-state index in [4.69, 9.17) is 9.15 Å². The molecule has 0 unspecified atom stereocenters. The molecule has 1 aromatic carbocycles. The summed E-state index contributed by atoms with van der Waals surface area (Å²) in [7, 11) is 0. The van der Waals surface area contributed by atoms with E-state index >= 15 is 0 Å². The highest BCUT2D eigenvalue weighted by Gasteiger charge is 2.44. The number of carbonyl (C=O) groups is 3. The number of halogens is 1. The molecule has 0 bridgehead atoms. The Kier molecular flexibility index (Phi) is 5.30. The number of ether oxygens (including phenoxy) is 1. The Morgan fingerprint density at radius 3 is 2.29 bits per heavy atom. The van der Waals surface area contributed by atoms with Crippen molar-refractivity contribution in [3.05, 3.63) is 65.2 Å². The van der Waals surface area contributed by atoms with Crippen molar-refractivity contribution in [2.24, 2.45) is 0 Å². The van der Waals surface area contributed by atoms with E-state index in [0.717, 1.165) is 17.0 Å². The zero-order chi connectivity index (χ0) is 20.4. The molecular weight excluding hydrogens is 367 g/mol. The third kappa shape index (κ3) is 3.28. The number of amides is 2. The second-order valence-corrected chi connectivity index (χ2v) is 6.05. The molecule has 3 rings (SSSR count). The first-order valence-corrected chi connectivity index (χ1v) is 8.78. The molecule has 1 aromatic heterocycles. The van der Waals surface area contributed by atoms with E-state index in [1.54, 1.807) is 11.8 Å². The van der Waals surface area contributed by atoms with Crippen LogP contribution in [-0.2, 0) is 14.3 Å². The van der Waals surface area contributed by atoms with Gasteiger partial charge in [0, 0.05) is 13.1 Å². The number of furan rings is 1. The average Bonchev–Trinajstić information content (AvgIpc) is 3.20. The molecule has 0 saturated carbocycles. The van der Waals surface area contributed by atoms with Gasteiger partial charge in [-0.1, -0.05) is 0 Å². The van der Waals surface area contributed by atoms with Crippen LogP contribution < -0.4 is 4.90 Å². The number of hydrogen-bond donors (Lipinski definition) is 0. The molecule has 0 saturated heterocycles. The fourth-order valence-corrected chi connectivity index (χ4v) is 2.98. The molecular formula is C20H19FN2O5. The molecule has 1 aliphatic heterocycles. The topological polar surface area (TPSA) is 80.1 Å². The van der Waals surface area contributed by atoms with E-state index in [1.165, 1.54) is 24.5 Å². The fraction of sp³-hybridized carbons (Fsp3) is 0.250. The van der Waals surface area contributed by atoms with Crippen LogP contribution in [0.5, 0.6) is 0 Å². The molecule has 28 heavy (non-hydrogen) atoms. The van der Waals surface area contributed by atoms with Crippen molar-refractivity contribution < 1.29 is 27.9 Å². The molecule has 2 amide bonds. The van der Waals surface area contributed by atoms with Crippen molar-refractivity contribution in [2.75, 3.05) is 18.0 Å². The van der Waals surface area contributed by atoms with E-state index in [2.05, 4.69) is 0 Å². The van der Waals surface area contributed by atoms with Crippen molar-refractivity contribution in [2.45, 2.75) is 20.8 Å². The summed E-state index contributed by atoms with van der Waals surface area (Å²) in [5, 5.41) is 0. The van der Waals surface area contributed by atoms with Gasteiger partial charge in [-0.2, -0.15) is 0 Å². The summed E-state index contributed by atoms with van der Waals surface area (Å²) in [6.45, 7) is 6.06. The molecule has 2 aromatic rings. The number of anilines is 1. The van der Waals surface area contributed by atoms with Crippen LogP contribution in [0.3, 0.4) is 0 Å². The van der Waals surface area contributed by atoms with Crippen LogP contribution in [0.25, 0.3) is 0 Å². The minimum Gasteiger partial charge on any atom is -0.469 e. The minimum absolute atomic E-state index is 0.00572. The molecule has 0 N–H and O–H groups in total. The van der Waals surface area contributed by atoms with E-state index < -0.39 is 23.6 Å². The van der Waals surface area contributed by atoms with Gasteiger partial charge < -0.3 is 14.1 Å². The first-order chi connectivity index (χ1) is 13.4. The lowest BCUT2D eigenvalue weighted by Crippen LogP contribution is -2.35. The van der Waals surface area contributed by atoms with Crippen molar-refractivity contribution in [1.82, 2.24) is 4.90 Å². The van der Waals surface area contributed by atoms with Crippen LogP contribution in [0.1, 0.15) is 30.0 Å². The zero-order valence-corrected chi connectivity index (χ0v) is 15.7. The summed E-state index contributed by atoms with van der Waals surface area (Å²) in [6.07, 6.45) is 1.33. The van der Waals surface area contributed by atoms with Gasteiger partial charge in [-0.05, 0) is 51.1 Å². The lowest BCUT2D eigenvalue weighted by Gasteiger charge is -2.22. The molecule has 7 nitrogen and oxygen atoms in total. The lowest BCUT2D eigenvalue weighted by molar-refractivity contribution is -0.122. The molecule has 0 fully saturated rings. The Bertz CT molecular complexity index is 957. The zero-order valence-electron chi connectivity index (χ0n) is 15.7. The van der Waals surface area contributed by atoms with Gasteiger partial charge in [0.05, 0.1) is 12.0 Å². The van der Waals surface area contributed by atoms with Gasteiger partial charge in [-0.15, -0.1) is 0 Å². The first-order valence-electron chi connectivity index (χ1n) is 8.78. The van der Waals surface area contributed by atoms with Gasteiger partial charge in [0.25, 0.3) is 5.91 Å². The lowest BCUT2D eigenvalue weighted by atomic mass is 10.2. The number of aryl methyl sites for hydroxylation is 1. The van der Waals surface area contributed by atoms with Crippen molar-refractivity contribution >= 4 is 23.5 Å². The summed E-state index contributed by atoms with van der Waals surface area (Å²) in [5.41, 5.74) is 0.340. The summed E-state index contributed by atoms with van der Waals surface area (Å²) in [6, 6.07) is 6.35. The second kappa shape index (κ2) is 7.67. The Morgan fingerprint density at radius 2 is 1.75 bits per heavy atom. The average molecular weight is 386 g/mol. The fourth-order valence-electron chi connectivity index (χ4n) is 2.98. The number of nitrogens with zero attached hydrogens (tertiary/aromatic N) is 2. The Balaban J connectivity index is 2.02. The third-order valence-corrected chi connectivity index (χ3v) is 4.46. The van der Waals surface area contributed by atoms with Crippen LogP contribution in [0.2, 0.25) is 0 Å². The SMILES string of the molecule is CCN(CC)C1=C(OC(=O)c2ccoc2C)C(=O)N(c2ccc(F)cc2)C1=O. The first kappa shape index (κ1) is 19.3. The summed E-state index contributed by atoms with van der Waals surface area (Å²) < 4.78 is 23.7. The van der Waals surface area contributed by atoms with Gasteiger partial charge in [0.2, 0.25) is 5.76 Å². The number of likely N-dealkylation sites (N-methyl/N-ethyl adjacent to an activating group) is 1. The largest absolute Gasteiger partial charge is 0.469 e. The maximum atomic E-state index is 13.2. The smallest absolute Gasteiger partial charge is 0.347 e. The van der Waals surface area contributed by atoms with Crippen LogP contribution in [0, 0.1) is 12.7 Å². The quantitative estimate of drug-likeness (QED) is 0.561. The number of carbonyl (C=O) groups excluding carboxylic acids is 3. The Labute approximate surface area is 161 Å². The highest BCUT2D eigenvalue weighted by atomic mass is 19.1. The number of imide groups is 1.